The Balaban J connectivity index is 2.66. The van der Waals surface area contributed by atoms with Gasteiger partial charge in [0, 0.05) is 34.8 Å². The zero-order valence-electron chi connectivity index (χ0n) is 11.1. The molecule has 0 spiro atoms. The van der Waals surface area contributed by atoms with Crippen LogP contribution in [0, 0.1) is 5.92 Å². The summed E-state index contributed by atoms with van der Waals surface area (Å²) in [5, 5.41) is 0. The van der Waals surface area contributed by atoms with Crippen molar-refractivity contribution < 1.29 is 22.6 Å². The van der Waals surface area contributed by atoms with Crippen LogP contribution in [0.4, 0.5) is 0 Å². The van der Waals surface area contributed by atoms with Crippen LogP contribution in [-0.2, 0) is 9.05 Å². The summed E-state index contributed by atoms with van der Waals surface area (Å²) in [6, 6.07) is 5.12. The number of hydrogen-bond donors (Lipinski definition) is 0. The zero-order valence-corrected chi connectivity index (χ0v) is 12.6. The van der Waals surface area contributed by atoms with Crippen molar-refractivity contribution in [1.82, 2.24) is 0 Å². The predicted molar refractivity (Wildman–Crippen MR) is 73.8 cm³/mol. The Morgan fingerprint density at radius 2 is 1.58 bits per heavy atom. The highest BCUT2D eigenvalue weighted by Crippen LogP contribution is 2.27. The van der Waals surface area contributed by atoms with Crippen LogP contribution in [0.15, 0.2) is 18.2 Å². The van der Waals surface area contributed by atoms with Crippen LogP contribution in [-0.4, -0.2) is 35.0 Å². The molecule has 1 unspecified atom stereocenters. The van der Waals surface area contributed by atoms with Gasteiger partial charge in [0.1, 0.15) is 17.2 Å². The van der Waals surface area contributed by atoms with Gasteiger partial charge >= 0.3 is 0 Å². The van der Waals surface area contributed by atoms with Crippen LogP contribution < -0.4 is 14.2 Å². The third kappa shape index (κ3) is 6.02. The maximum Gasteiger partial charge on any atom is 0.232 e. The molecular formula is C12H17ClO5S. The summed E-state index contributed by atoms with van der Waals surface area (Å²) in [6.45, 7) is 1.99. The topological polar surface area (TPSA) is 61.8 Å². The van der Waals surface area contributed by atoms with E-state index in [0.29, 0.717) is 17.2 Å². The van der Waals surface area contributed by atoms with E-state index in [1.165, 1.54) is 0 Å². The lowest BCUT2D eigenvalue weighted by atomic mass is 10.2. The highest BCUT2D eigenvalue weighted by molar-refractivity contribution is 8.13. The van der Waals surface area contributed by atoms with E-state index >= 15 is 0 Å². The lowest BCUT2D eigenvalue weighted by molar-refractivity contribution is 0.269. The number of hydrogen-bond acceptors (Lipinski definition) is 5. The second-order valence-corrected chi connectivity index (χ2v) is 6.99. The molecule has 19 heavy (non-hydrogen) atoms. The van der Waals surface area contributed by atoms with Gasteiger partial charge in [0.05, 0.1) is 26.6 Å². The van der Waals surface area contributed by atoms with Gasteiger partial charge < -0.3 is 14.2 Å². The van der Waals surface area contributed by atoms with Gasteiger partial charge in [-0.05, 0) is 0 Å². The lowest BCUT2D eigenvalue weighted by Gasteiger charge is -2.13. The summed E-state index contributed by atoms with van der Waals surface area (Å²) >= 11 is 0. The van der Waals surface area contributed by atoms with E-state index in [1.54, 1.807) is 39.3 Å². The van der Waals surface area contributed by atoms with Gasteiger partial charge in [0.15, 0.2) is 0 Å². The van der Waals surface area contributed by atoms with E-state index in [1.807, 2.05) is 0 Å². The standard InChI is InChI=1S/C12H17ClO5S/c1-9(8-19(13,14)15)7-18-12-5-10(16-2)4-11(6-12)17-3/h4-6,9H,7-8H2,1-3H3. The molecule has 1 aromatic rings. The first-order valence-corrected chi connectivity index (χ1v) is 8.10. The number of ether oxygens (including phenoxy) is 3. The van der Waals surface area contributed by atoms with Crippen molar-refractivity contribution in [3.05, 3.63) is 18.2 Å². The summed E-state index contributed by atoms with van der Waals surface area (Å²) in [4.78, 5) is 0. The molecule has 0 bridgehead atoms. The van der Waals surface area contributed by atoms with Gasteiger partial charge in [0.25, 0.3) is 0 Å². The Labute approximate surface area is 117 Å². The van der Waals surface area contributed by atoms with Gasteiger partial charge in [-0.25, -0.2) is 8.42 Å². The second kappa shape index (κ2) is 6.86. The molecule has 7 heteroatoms. The minimum atomic E-state index is -3.51. The number of methoxy groups -OCH3 is 2. The molecule has 0 N–H and O–H groups in total. The Morgan fingerprint density at radius 3 is 2.00 bits per heavy atom. The molecule has 0 amide bonds. The largest absolute Gasteiger partial charge is 0.496 e. The first-order chi connectivity index (χ1) is 8.84. The molecule has 0 heterocycles. The molecule has 108 valence electrons. The number of halogens is 1. The van der Waals surface area contributed by atoms with Crippen LogP contribution in [0.25, 0.3) is 0 Å². The van der Waals surface area contributed by atoms with Crippen molar-refractivity contribution in [1.29, 1.82) is 0 Å². The molecule has 0 saturated heterocycles. The first kappa shape index (κ1) is 15.9. The fourth-order valence-electron chi connectivity index (χ4n) is 1.49. The second-order valence-electron chi connectivity index (χ2n) is 4.17. The van der Waals surface area contributed by atoms with Crippen LogP contribution in [0.2, 0.25) is 0 Å². The van der Waals surface area contributed by atoms with E-state index < -0.39 is 9.05 Å². The molecule has 0 fully saturated rings. The fourth-order valence-corrected chi connectivity index (χ4v) is 2.91. The van der Waals surface area contributed by atoms with Crippen LogP contribution in [0.1, 0.15) is 6.92 Å². The SMILES string of the molecule is COc1cc(OC)cc(OCC(C)CS(=O)(=O)Cl)c1. The Morgan fingerprint density at radius 1 is 1.11 bits per heavy atom. The highest BCUT2D eigenvalue weighted by Gasteiger charge is 2.13. The maximum atomic E-state index is 10.9. The molecule has 0 saturated carbocycles. The summed E-state index contributed by atoms with van der Waals surface area (Å²) in [5.74, 6) is 1.42. The summed E-state index contributed by atoms with van der Waals surface area (Å²) in [5.41, 5.74) is 0. The molecule has 0 aliphatic rings. The monoisotopic (exact) mass is 308 g/mol. The Bertz CT molecular complexity index is 493. The van der Waals surface area contributed by atoms with Gasteiger partial charge in [-0.1, -0.05) is 6.92 Å². The minimum absolute atomic E-state index is 0.129. The van der Waals surface area contributed by atoms with E-state index in [4.69, 9.17) is 24.9 Å². The summed E-state index contributed by atoms with van der Waals surface area (Å²) in [6.07, 6.45) is 0. The van der Waals surface area contributed by atoms with E-state index in [9.17, 15) is 8.42 Å². The molecule has 0 aliphatic carbocycles. The third-order valence-electron chi connectivity index (χ3n) is 2.34. The average Bonchev–Trinajstić information content (AvgIpc) is 2.33. The van der Waals surface area contributed by atoms with Crippen LogP contribution in [0.5, 0.6) is 17.2 Å². The average molecular weight is 309 g/mol. The molecule has 5 nitrogen and oxygen atoms in total. The Hall–Kier alpha value is -1.14. The smallest absolute Gasteiger partial charge is 0.232 e. The molecule has 0 aromatic heterocycles. The van der Waals surface area contributed by atoms with Gasteiger partial charge in [-0.15, -0.1) is 0 Å². The van der Waals surface area contributed by atoms with E-state index in [0.717, 1.165) is 0 Å². The van der Waals surface area contributed by atoms with Gasteiger partial charge in [0.2, 0.25) is 9.05 Å². The number of benzene rings is 1. The van der Waals surface area contributed by atoms with Crippen molar-refractivity contribution in [2.75, 3.05) is 26.6 Å². The van der Waals surface area contributed by atoms with Gasteiger partial charge in [-0.2, -0.15) is 0 Å². The predicted octanol–water partition coefficient (Wildman–Crippen LogP) is 2.29. The van der Waals surface area contributed by atoms with Crippen molar-refractivity contribution in [3.8, 4) is 17.2 Å². The van der Waals surface area contributed by atoms with Crippen molar-refractivity contribution in [2.45, 2.75) is 6.92 Å². The molecule has 0 radical (unpaired) electrons. The molecule has 1 rings (SSSR count). The molecular weight excluding hydrogens is 292 g/mol. The Kier molecular flexibility index (Phi) is 5.75. The van der Waals surface area contributed by atoms with Crippen LogP contribution >= 0.6 is 10.7 Å². The maximum absolute atomic E-state index is 10.9. The van der Waals surface area contributed by atoms with E-state index in [-0.39, 0.29) is 18.3 Å². The quantitative estimate of drug-likeness (QED) is 0.723. The molecule has 1 atom stereocenters. The zero-order chi connectivity index (χ0) is 14.5. The summed E-state index contributed by atoms with van der Waals surface area (Å²) < 4.78 is 37.6. The van der Waals surface area contributed by atoms with Crippen LogP contribution in [0.3, 0.4) is 0 Å². The number of rotatable bonds is 7. The minimum Gasteiger partial charge on any atom is -0.496 e. The third-order valence-corrected chi connectivity index (χ3v) is 3.69. The summed E-state index contributed by atoms with van der Waals surface area (Å²) in [7, 11) is 4.76. The molecule has 1 aromatic carbocycles. The van der Waals surface area contributed by atoms with E-state index in [2.05, 4.69) is 0 Å². The van der Waals surface area contributed by atoms with Crippen molar-refractivity contribution in [3.63, 3.8) is 0 Å². The lowest BCUT2D eigenvalue weighted by Crippen LogP contribution is -2.16. The van der Waals surface area contributed by atoms with Gasteiger partial charge in [-0.3, -0.25) is 0 Å². The normalized spacial score (nSPS) is 12.8. The first-order valence-electron chi connectivity index (χ1n) is 5.62. The fraction of sp³-hybridized carbons (Fsp3) is 0.500. The van der Waals surface area contributed by atoms with Crippen molar-refractivity contribution in [2.24, 2.45) is 5.92 Å². The van der Waals surface area contributed by atoms with Crippen molar-refractivity contribution >= 4 is 19.7 Å². The highest BCUT2D eigenvalue weighted by atomic mass is 35.7. The molecule has 0 aliphatic heterocycles.